The summed E-state index contributed by atoms with van der Waals surface area (Å²) in [6.45, 7) is 6.53. The minimum absolute atomic E-state index is 0.199. The van der Waals surface area contributed by atoms with Crippen LogP contribution in [0.1, 0.15) is 32.0 Å². The molecule has 3 aromatic rings. The van der Waals surface area contributed by atoms with E-state index in [0.717, 1.165) is 34.0 Å². The molecule has 3 aromatic heterocycles. The second-order valence-corrected chi connectivity index (χ2v) is 7.85. The van der Waals surface area contributed by atoms with Gasteiger partial charge in [-0.2, -0.15) is 5.10 Å². The molecule has 0 fully saturated rings. The van der Waals surface area contributed by atoms with Crippen LogP contribution < -0.4 is 15.5 Å². The van der Waals surface area contributed by atoms with Crippen molar-refractivity contribution < 1.29 is 0 Å². The average Bonchev–Trinajstić information content (AvgIpc) is 3.11. The number of aromatic nitrogens is 4. The fourth-order valence-corrected chi connectivity index (χ4v) is 3.24. The van der Waals surface area contributed by atoms with Gasteiger partial charge in [-0.25, -0.2) is 9.97 Å². The Kier molecular flexibility index (Phi) is 6.34. The Balaban J connectivity index is 2.13. The predicted octanol–water partition coefficient (Wildman–Crippen LogP) is 3.76. The van der Waals surface area contributed by atoms with Crippen molar-refractivity contribution in [2.75, 3.05) is 29.6 Å². The summed E-state index contributed by atoms with van der Waals surface area (Å²) < 4.78 is 1.79. The molecule has 0 radical (unpaired) electrons. The maximum atomic E-state index is 8.34. The van der Waals surface area contributed by atoms with Gasteiger partial charge in [-0.15, -0.1) is 0 Å². The van der Waals surface area contributed by atoms with Gasteiger partial charge >= 0.3 is 0 Å². The zero-order valence-electron chi connectivity index (χ0n) is 18.5. The third-order valence-corrected chi connectivity index (χ3v) is 4.54. The molecule has 0 aliphatic carbocycles. The molecule has 30 heavy (non-hydrogen) atoms. The Labute approximate surface area is 177 Å². The van der Waals surface area contributed by atoms with Gasteiger partial charge < -0.3 is 20.9 Å². The van der Waals surface area contributed by atoms with Crippen LogP contribution in [0.3, 0.4) is 0 Å². The van der Waals surface area contributed by atoms with Crippen LogP contribution in [0.5, 0.6) is 0 Å². The second kappa shape index (κ2) is 8.94. The van der Waals surface area contributed by atoms with Gasteiger partial charge in [0.2, 0.25) is 0 Å². The van der Waals surface area contributed by atoms with E-state index in [1.54, 1.807) is 17.8 Å². The molecule has 0 aliphatic heterocycles. The summed E-state index contributed by atoms with van der Waals surface area (Å²) in [6.07, 6.45) is 5.61. The van der Waals surface area contributed by atoms with E-state index >= 15 is 0 Å². The monoisotopic (exact) mass is 406 g/mol. The van der Waals surface area contributed by atoms with Crippen molar-refractivity contribution in [3.05, 3.63) is 48.0 Å². The molecule has 0 aromatic carbocycles. The summed E-state index contributed by atoms with van der Waals surface area (Å²) in [5, 5.41) is 19.6. The number of hydrogen-bond donors (Lipinski definition) is 3. The van der Waals surface area contributed by atoms with Gasteiger partial charge in [-0.1, -0.05) is 0 Å². The van der Waals surface area contributed by atoms with E-state index in [1.165, 1.54) is 0 Å². The summed E-state index contributed by atoms with van der Waals surface area (Å²) in [7, 11) is 5.83. The summed E-state index contributed by atoms with van der Waals surface area (Å²) in [6, 6.07) is 6.14. The molecule has 0 saturated carbocycles. The number of anilines is 3. The van der Waals surface area contributed by atoms with Crippen molar-refractivity contribution in [3.63, 3.8) is 0 Å². The minimum atomic E-state index is 0.199. The van der Waals surface area contributed by atoms with Gasteiger partial charge in [0.05, 0.1) is 29.0 Å². The van der Waals surface area contributed by atoms with Crippen molar-refractivity contribution in [1.82, 2.24) is 19.7 Å². The van der Waals surface area contributed by atoms with Gasteiger partial charge in [0.1, 0.15) is 11.5 Å². The number of hydrogen-bond acceptors (Lipinski definition) is 7. The topological polar surface area (TPSA) is 94.8 Å². The number of aryl methyl sites for hydroxylation is 1. The van der Waals surface area contributed by atoms with E-state index in [-0.39, 0.29) is 6.04 Å². The molecule has 0 saturated heterocycles. The number of pyridine rings is 2. The first kappa shape index (κ1) is 21.3. The van der Waals surface area contributed by atoms with Crippen molar-refractivity contribution in [1.29, 1.82) is 5.41 Å². The number of nitrogens with zero attached hydrogens (tertiary/aromatic N) is 5. The van der Waals surface area contributed by atoms with E-state index in [2.05, 4.69) is 34.6 Å². The smallest absolute Gasteiger partial charge is 0.137 e. The first-order valence-corrected chi connectivity index (χ1v) is 9.97. The normalized spacial score (nSPS) is 10.9. The molecule has 0 spiro atoms. The molecule has 0 atom stereocenters. The fraction of sp³-hybridized carbons (Fsp3) is 0.364. The molecule has 0 unspecified atom stereocenters. The average molecular weight is 407 g/mol. The number of nitrogens with one attached hydrogen (secondary N) is 3. The van der Waals surface area contributed by atoms with Gasteiger partial charge in [-0.3, -0.25) is 4.68 Å². The largest absolute Gasteiger partial charge is 0.379 e. The van der Waals surface area contributed by atoms with E-state index < -0.39 is 0 Å². The standard InChI is InChI=1S/C22H30N8/c1-14(2)27-21-19(25-11-16-12-26-30(6)13-16)10-18(28-20(21)15(3)23)17-8-7-9-24-22(17)29(4)5/h7-10,12-14,23,27H,11H2,1-6H3,(H,25,28). The quantitative estimate of drug-likeness (QED) is 0.493. The highest BCUT2D eigenvalue weighted by Crippen LogP contribution is 2.34. The lowest BCUT2D eigenvalue weighted by atomic mass is 10.1. The highest BCUT2D eigenvalue weighted by molar-refractivity contribution is 6.03. The van der Waals surface area contributed by atoms with E-state index in [1.807, 2.05) is 56.6 Å². The molecule has 3 heterocycles. The lowest BCUT2D eigenvalue weighted by Gasteiger charge is -2.22. The highest BCUT2D eigenvalue weighted by Gasteiger charge is 2.18. The lowest BCUT2D eigenvalue weighted by molar-refractivity contribution is 0.767. The lowest BCUT2D eigenvalue weighted by Crippen LogP contribution is -2.17. The molecule has 158 valence electrons. The maximum absolute atomic E-state index is 8.34. The second-order valence-electron chi connectivity index (χ2n) is 7.85. The van der Waals surface area contributed by atoms with Gasteiger partial charge in [0, 0.05) is 57.3 Å². The molecule has 0 aliphatic rings. The Bertz CT molecular complexity index is 1040. The van der Waals surface area contributed by atoms with E-state index in [0.29, 0.717) is 18.0 Å². The van der Waals surface area contributed by atoms with Crippen LogP contribution in [0.25, 0.3) is 11.3 Å². The van der Waals surface area contributed by atoms with Crippen molar-refractivity contribution in [3.8, 4) is 11.3 Å². The molecule has 0 bridgehead atoms. The molecule has 3 rings (SSSR count). The van der Waals surface area contributed by atoms with Crippen LogP contribution in [-0.4, -0.2) is 45.6 Å². The molecule has 8 nitrogen and oxygen atoms in total. The third kappa shape index (κ3) is 4.76. The summed E-state index contributed by atoms with van der Waals surface area (Å²) in [4.78, 5) is 11.3. The summed E-state index contributed by atoms with van der Waals surface area (Å²) in [5.41, 5.74) is 5.54. The van der Waals surface area contributed by atoms with Crippen LogP contribution in [0, 0.1) is 5.41 Å². The highest BCUT2D eigenvalue weighted by atomic mass is 15.2. The Morgan fingerprint density at radius 2 is 2.07 bits per heavy atom. The molecule has 3 N–H and O–H groups in total. The van der Waals surface area contributed by atoms with Crippen molar-refractivity contribution >= 4 is 22.9 Å². The maximum Gasteiger partial charge on any atom is 0.137 e. The summed E-state index contributed by atoms with van der Waals surface area (Å²) in [5.74, 6) is 0.835. The third-order valence-electron chi connectivity index (χ3n) is 4.54. The minimum Gasteiger partial charge on any atom is -0.379 e. The Morgan fingerprint density at radius 3 is 2.67 bits per heavy atom. The first-order chi connectivity index (χ1) is 14.3. The van der Waals surface area contributed by atoms with Gasteiger partial charge in [0.15, 0.2) is 0 Å². The van der Waals surface area contributed by atoms with Crippen LogP contribution in [0.2, 0.25) is 0 Å². The Morgan fingerprint density at radius 1 is 1.30 bits per heavy atom. The zero-order valence-corrected chi connectivity index (χ0v) is 18.5. The molecule has 8 heteroatoms. The molecule has 0 amide bonds. The fourth-order valence-electron chi connectivity index (χ4n) is 3.24. The van der Waals surface area contributed by atoms with Crippen molar-refractivity contribution in [2.24, 2.45) is 7.05 Å². The molecular formula is C22H30N8. The van der Waals surface area contributed by atoms with E-state index in [4.69, 9.17) is 10.4 Å². The van der Waals surface area contributed by atoms with Crippen LogP contribution in [0.15, 0.2) is 36.8 Å². The summed E-state index contributed by atoms with van der Waals surface area (Å²) >= 11 is 0. The van der Waals surface area contributed by atoms with E-state index in [9.17, 15) is 0 Å². The van der Waals surface area contributed by atoms with Crippen LogP contribution >= 0.6 is 0 Å². The first-order valence-electron chi connectivity index (χ1n) is 9.97. The van der Waals surface area contributed by atoms with Gasteiger partial charge in [0.25, 0.3) is 0 Å². The van der Waals surface area contributed by atoms with Gasteiger partial charge in [-0.05, 0) is 39.0 Å². The Hall–Kier alpha value is -3.42. The number of rotatable bonds is 8. The zero-order chi connectivity index (χ0) is 21.8. The SMILES string of the molecule is CC(=N)c1nc(-c2cccnc2N(C)C)cc(NCc2cnn(C)c2)c1NC(C)C. The van der Waals surface area contributed by atoms with Crippen LogP contribution in [0.4, 0.5) is 17.2 Å². The molecular weight excluding hydrogens is 376 g/mol. The predicted molar refractivity (Wildman–Crippen MR) is 124 cm³/mol. The van der Waals surface area contributed by atoms with Crippen molar-refractivity contribution in [2.45, 2.75) is 33.4 Å². The van der Waals surface area contributed by atoms with Crippen LogP contribution in [-0.2, 0) is 13.6 Å².